The average Bonchev–Trinajstić information content (AvgIpc) is 2.49. The van der Waals surface area contributed by atoms with Gasteiger partial charge in [-0.3, -0.25) is 9.59 Å². The van der Waals surface area contributed by atoms with E-state index < -0.39 is 0 Å². The molecule has 22 heavy (non-hydrogen) atoms. The van der Waals surface area contributed by atoms with Crippen LogP contribution in [0.1, 0.15) is 52.4 Å². The molecule has 0 aromatic carbocycles. The molecule has 0 bridgehead atoms. The molecule has 1 fully saturated rings. The summed E-state index contributed by atoms with van der Waals surface area (Å²) in [6, 6.07) is 0.704. The molecule has 1 saturated carbocycles. The van der Waals surface area contributed by atoms with Crippen molar-refractivity contribution in [3.8, 4) is 0 Å². The molecule has 1 aliphatic rings. The van der Waals surface area contributed by atoms with Gasteiger partial charge in [0.2, 0.25) is 0 Å². The lowest BCUT2D eigenvalue weighted by Crippen LogP contribution is -2.50. The van der Waals surface area contributed by atoms with Crippen molar-refractivity contribution < 1.29 is 19.1 Å². The van der Waals surface area contributed by atoms with Crippen LogP contribution >= 0.6 is 0 Å². The summed E-state index contributed by atoms with van der Waals surface area (Å²) in [6.07, 6.45) is 5.40. The standard InChI is InChI=1S/C16H30N2O4/c1-3-21-15(19)9-11-17-13-7-5-6-8-14(13)18-12-10-16(20)22-4-2/h13-14,17-18H,3-12H2,1-2H3. The van der Waals surface area contributed by atoms with Gasteiger partial charge in [0.15, 0.2) is 0 Å². The second kappa shape index (κ2) is 11.4. The van der Waals surface area contributed by atoms with Crippen LogP contribution in [0.5, 0.6) is 0 Å². The predicted octanol–water partition coefficient (Wildman–Crippen LogP) is 1.38. The van der Waals surface area contributed by atoms with Gasteiger partial charge in [0.05, 0.1) is 26.1 Å². The zero-order valence-electron chi connectivity index (χ0n) is 13.9. The van der Waals surface area contributed by atoms with Crippen LogP contribution in [-0.4, -0.2) is 50.3 Å². The lowest BCUT2D eigenvalue weighted by atomic mass is 9.90. The molecule has 128 valence electrons. The molecule has 6 heteroatoms. The number of rotatable bonds is 10. The largest absolute Gasteiger partial charge is 0.466 e. The van der Waals surface area contributed by atoms with Crippen LogP contribution in [0.25, 0.3) is 0 Å². The van der Waals surface area contributed by atoms with Crippen molar-refractivity contribution in [3.05, 3.63) is 0 Å². The van der Waals surface area contributed by atoms with Crippen LogP contribution < -0.4 is 10.6 Å². The van der Waals surface area contributed by atoms with Crippen LogP contribution in [0, 0.1) is 0 Å². The number of carbonyl (C=O) groups is 2. The molecule has 1 aliphatic carbocycles. The topological polar surface area (TPSA) is 76.7 Å². The first-order chi connectivity index (χ1) is 10.7. The number of nitrogens with one attached hydrogen (secondary N) is 2. The van der Waals surface area contributed by atoms with E-state index in [0.29, 0.717) is 51.2 Å². The number of ether oxygens (including phenoxy) is 2. The van der Waals surface area contributed by atoms with Crippen LogP contribution in [0.15, 0.2) is 0 Å². The minimum absolute atomic E-state index is 0.155. The molecule has 0 spiro atoms. The SMILES string of the molecule is CCOC(=O)CCNC1CCCCC1NCCC(=O)OCC. The fourth-order valence-electron chi connectivity index (χ4n) is 2.81. The van der Waals surface area contributed by atoms with Crippen LogP contribution in [-0.2, 0) is 19.1 Å². The van der Waals surface area contributed by atoms with Gasteiger partial charge in [0.1, 0.15) is 0 Å². The normalized spacial score (nSPS) is 21.4. The lowest BCUT2D eigenvalue weighted by Gasteiger charge is -2.33. The highest BCUT2D eigenvalue weighted by molar-refractivity contribution is 5.69. The minimum atomic E-state index is -0.155. The molecule has 0 aromatic heterocycles. The van der Waals surface area contributed by atoms with Gasteiger partial charge in [0, 0.05) is 25.2 Å². The van der Waals surface area contributed by atoms with Crippen molar-refractivity contribution in [2.75, 3.05) is 26.3 Å². The van der Waals surface area contributed by atoms with Gasteiger partial charge in [0.25, 0.3) is 0 Å². The molecular formula is C16H30N2O4. The Labute approximate surface area is 133 Å². The Kier molecular flexibility index (Phi) is 9.82. The Bertz CT molecular complexity index is 304. The Morgan fingerprint density at radius 3 is 1.64 bits per heavy atom. The molecule has 0 aliphatic heterocycles. The molecule has 0 amide bonds. The summed E-state index contributed by atoms with van der Waals surface area (Å²) in [5.74, 6) is -0.310. The smallest absolute Gasteiger partial charge is 0.307 e. The van der Waals surface area contributed by atoms with E-state index in [-0.39, 0.29) is 11.9 Å². The van der Waals surface area contributed by atoms with Gasteiger partial charge in [-0.25, -0.2) is 0 Å². The van der Waals surface area contributed by atoms with Crippen LogP contribution in [0.2, 0.25) is 0 Å². The van der Waals surface area contributed by atoms with E-state index in [1.54, 1.807) is 0 Å². The monoisotopic (exact) mass is 314 g/mol. The van der Waals surface area contributed by atoms with Gasteiger partial charge in [-0.2, -0.15) is 0 Å². The number of esters is 2. The fraction of sp³-hybridized carbons (Fsp3) is 0.875. The molecule has 0 radical (unpaired) electrons. The fourth-order valence-corrected chi connectivity index (χ4v) is 2.81. The lowest BCUT2D eigenvalue weighted by molar-refractivity contribution is -0.144. The summed E-state index contributed by atoms with van der Waals surface area (Å²) in [5.41, 5.74) is 0. The first-order valence-corrected chi connectivity index (χ1v) is 8.45. The highest BCUT2D eigenvalue weighted by Gasteiger charge is 2.24. The van der Waals surface area contributed by atoms with E-state index in [0.717, 1.165) is 12.8 Å². The third-order valence-electron chi connectivity index (χ3n) is 3.85. The zero-order valence-corrected chi connectivity index (χ0v) is 13.9. The molecule has 0 heterocycles. The van der Waals surface area contributed by atoms with Crippen LogP contribution in [0.3, 0.4) is 0 Å². The zero-order chi connectivity index (χ0) is 16.2. The molecule has 6 nitrogen and oxygen atoms in total. The third-order valence-corrected chi connectivity index (χ3v) is 3.85. The third kappa shape index (κ3) is 7.75. The first-order valence-electron chi connectivity index (χ1n) is 8.45. The van der Waals surface area contributed by atoms with Gasteiger partial charge >= 0.3 is 11.9 Å². The minimum Gasteiger partial charge on any atom is -0.466 e. The van der Waals surface area contributed by atoms with Crippen molar-refractivity contribution in [2.45, 2.75) is 64.5 Å². The Morgan fingerprint density at radius 2 is 1.27 bits per heavy atom. The number of hydrogen-bond donors (Lipinski definition) is 2. The molecule has 2 unspecified atom stereocenters. The summed E-state index contributed by atoms with van der Waals surface area (Å²) in [4.78, 5) is 22.7. The van der Waals surface area contributed by atoms with Crippen LogP contribution in [0.4, 0.5) is 0 Å². The summed E-state index contributed by atoms with van der Waals surface area (Å²) in [7, 11) is 0. The van der Waals surface area contributed by atoms with Gasteiger partial charge < -0.3 is 20.1 Å². The highest BCUT2D eigenvalue weighted by Crippen LogP contribution is 2.18. The maximum atomic E-state index is 11.3. The Morgan fingerprint density at radius 1 is 0.864 bits per heavy atom. The molecule has 2 atom stereocenters. The van der Waals surface area contributed by atoms with E-state index in [9.17, 15) is 9.59 Å². The summed E-state index contributed by atoms with van der Waals surface area (Å²) in [6.45, 7) is 5.77. The molecule has 2 N–H and O–H groups in total. The Balaban J connectivity index is 2.24. The van der Waals surface area contributed by atoms with E-state index in [4.69, 9.17) is 9.47 Å². The van der Waals surface area contributed by atoms with Crippen molar-refractivity contribution in [1.29, 1.82) is 0 Å². The van der Waals surface area contributed by atoms with Crippen molar-refractivity contribution in [2.24, 2.45) is 0 Å². The van der Waals surface area contributed by atoms with Gasteiger partial charge in [-0.1, -0.05) is 12.8 Å². The van der Waals surface area contributed by atoms with E-state index in [2.05, 4.69) is 10.6 Å². The van der Waals surface area contributed by atoms with E-state index in [1.165, 1.54) is 12.8 Å². The molecule has 0 aromatic rings. The molecule has 1 rings (SSSR count). The van der Waals surface area contributed by atoms with Crippen molar-refractivity contribution in [1.82, 2.24) is 10.6 Å². The van der Waals surface area contributed by atoms with E-state index in [1.807, 2.05) is 13.8 Å². The summed E-state index contributed by atoms with van der Waals surface area (Å²) in [5, 5.41) is 6.89. The average molecular weight is 314 g/mol. The maximum absolute atomic E-state index is 11.3. The van der Waals surface area contributed by atoms with E-state index >= 15 is 0 Å². The Hall–Kier alpha value is -1.14. The second-order valence-electron chi connectivity index (χ2n) is 5.52. The number of carbonyl (C=O) groups excluding carboxylic acids is 2. The van der Waals surface area contributed by atoms with Crippen molar-refractivity contribution in [3.63, 3.8) is 0 Å². The second-order valence-corrected chi connectivity index (χ2v) is 5.52. The molecule has 0 saturated heterocycles. The van der Waals surface area contributed by atoms with Gasteiger partial charge in [-0.15, -0.1) is 0 Å². The summed E-state index contributed by atoms with van der Waals surface area (Å²) >= 11 is 0. The highest BCUT2D eigenvalue weighted by atomic mass is 16.5. The first kappa shape index (κ1) is 18.9. The maximum Gasteiger partial charge on any atom is 0.307 e. The quantitative estimate of drug-likeness (QED) is 0.593. The predicted molar refractivity (Wildman–Crippen MR) is 84.5 cm³/mol. The number of hydrogen-bond acceptors (Lipinski definition) is 6. The summed E-state index contributed by atoms with van der Waals surface area (Å²) < 4.78 is 9.85. The van der Waals surface area contributed by atoms with Gasteiger partial charge in [-0.05, 0) is 26.7 Å². The molecular weight excluding hydrogens is 284 g/mol. The van der Waals surface area contributed by atoms with Crippen molar-refractivity contribution >= 4 is 11.9 Å².